The maximum Gasteiger partial charge on any atom is 0.404 e. The molecule has 1 unspecified atom stereocenters. The number of nitro benzene ring substituents is 1. The van der Waals surface area contributed by atoms with Gasteiger partial charge in [0.15, 0.2) is 5.69 Å². The summed E-state index contributed by atoms with van der Waals surface area (Å²) in [6.07, 6.45) is 0.640. The van der Waals surface area contributed by atoms with E-state index in [1.165, 1.54) is 13.2 Å². The quantitative estimate of drug-likeness (QED) is 0.535. The molecular formula is C15H22N4O5. The van der Waals surface area contributed by atoms with Crippen molar-refractivity contribution in [3.8, 4) is 5.75 Å². The van der Waals surface area contributed by atoms with Gasteiger partial charge in [0.05, 0.1) is 12.0 Å². The number of hydrogen-bond donors (Lipinski definition) is 3. The molecule has 1 atom stereocenters. The van der Waals surface area contributed by atoms with Crippen molar-refractivity contribution in [3.63, 3.8) is 0 Å². The molecule has 0 radical (unpaired) electrons. The summed E-state index contributed by atoms with van der Waals surface area (Å²) in [6, 6.07) is 3.18. The van der Waals surface area contributed by atoms with E-state index >= 15 is 0 Å². The van der Waals surface area contributed by atoms with Crippen LogP contribution in [0.25, 0.3) is 0 Å². The molecule has 0 bridgehead atoms. The smallest absolute Gasteiger partial charge is 0.404 e. The molecule has 1 fully saturated rings. The maximum atomic E-state index is 11.3. The zero-order valence-electron chi connectivity index (χ0n) is 13.7. The molecule has 1 aliphatic heterocycles. The predicted molar refractivity (Wildman–Crippen MR) is 88.7 cm³/mol. The SMILES string of the molecule is CNc1c(OC)cc(CN2CCCC(NC(=O)O)C2)cc1[N+](=O)[O-]. The fraction of sp³-hybridized carbons (Fsp3) is 0.533. The zero-order chi connectivity index (χ0) is 17.7. The van der Waals surface area contributed by atoms with Crippen LogP contribution in [0, 0.1) is 10.1 Å². The molecule has 2 rings (SSSR count). The van der Waals surface area contributed by atoms with Crippen LogP contribution in [0.2, 0.25) is 0 Å². The molecule has 1 aromatic rings. The van der Waals surface area contributed by atoms with Crippen molar-refractivity contribution in [3.05, 3.63) is 27.8 Å². The number of carboxylic acid groups (broad SMARTS) is 1. The second kappa shape index (κ2) is 7.82. The minimum Gasteiger partial charge on any atom is -0.494 e. The fourth-order valence-corrected chi connectivity index (χ4v) is 3.05. The van der Waals surface area contributed by atoms with E-state index in [1.54, 1.807) is 13.1 Å². The van der Waals surface area contributed by atoms with Gasteiger partial charge in [-0.05, 0) is 31.0 Å². The topological polar surface area (TPSA) is 117 Å². The molecule has 0 aliphatic carbocycles. The van der Waals surface area contributed by atoms with Crippen molar-refractivity contribution in [1.82, 2.24) is 10.2 Å². The number of carbonyl (C=O) groups is 1. The molecular weight excluding hydrogens is 316 g/mol. The van der Waals surface area contributed by atoms with E-state index < -0.39 is 11.0 Å². The first-order chi connectivity index (χ1) is 11.4. The van der Waals surface area contributed by atoms with Crippen molar-refractivity contribution in [2.24, 2.45) is 0 Å². The first kappa shape index (κ1) is 17.8. The molecule has 0 saturated carbocycles. The highest BCUT2D eigenvalue weighted by molar-refractivity contribution is 5.71. The van der Waals surface area contributed by atoms with Gasteiger partial charge in [-0.3, -0.25) is 15.0 Å². The Morgan fingerprint density at radius 2 is 2.29 bits per heavy atom. The highest BCUT2D eigenvalue weighted by atomic mass is 16.6. The molecule has 9 nitrogen and oxygen atoms in total. The number of amides is 1. The van der Waals surface area contributed by atoms with Gasteiger partial charge >= 0.3 is 6.09 Å². The van der Waals surface area contributed by atoms with E-state index in [-0.39, 0.29) is 11.7 Å². The number of likely N-dealkylation sites (tertiary alicyclic amines) is 1. The van der Waals surface area contributed by atoms with Crippen molar-refractivity contribution in [2.75, 3.05) is 32.6 Å². The average molecular weight is 338 g/mol. The first-order valence-electron chi connectivity index (χ1n) is 7.69. The van der Waals surface area contributed by atoms with Crippen LogP contribution in [-0.4, -0.2) is 54.3 Å². The van der Waals surface area contributed by atoms with Crippen LogP contribution in [0.5, 0.6) is 5.75 Å². The van der Waals surface area contributed by atoms with Crippen LogP contribution in [0.1, 0.15) is 18.4 Å². The molecule has 132 valence electrons. The molecule has 0 spiro atoms. The number of hydrogen-bond acceptors (Lipinski definition) is 6. The van der Waals surface area contributed by atoms with Gasteiger partial charge in [0.25, 0.3) is 5.69 Å². The normalized spacial score (nSPS) is 18.0. The second-order valence-electron chi connectivity index (χ2n) is 5.72. The standard InChI is InChI=1S/C15H22N4O5/c1-16-14-12(19(22)23)6-10(7-13(14)24-2)8-18-5-3-4-11(9-18)17-15(20)21/h6-7,11,16-17H,3-5,8-9H2,1-2H3,(H,20,21). The molecule has 1 aliphatic rings. The number of anilines is 1. The van der Waals surface area contributed by atoms with Gasteiger partial charge in [0.2, 0.25) is 0 Å². The molecule has 1 heterocycles. The minimum absolute atomic E-state index is 0.0379. The lowest BCUT2D eigenvalue weighted by Gasteiger charge is -2.32. The van der Waals surface area contributed by atoms with Gasteiger partial charge < -0.3 is 20.5 Å². The number of methoxy groups -OCH3 is 1. The van der Waals surface area contributed by atoms with Crippen molar-refractivity contribution < 1.29 is 19.6 Å². The highest BCUT2D eigenvalue weighted by Crippen LogP contribution is 2.36. The number of rotatable bonds is 6. The average Bonchev–Trinajstić information content (AvgIpc) is 2.53. The van der Waals surface area contributed by atoms with Crippen LogP contribution >= 0.6 is 0 Å². The first-order valence-corrected chi connectivity index (χ1v) is 7.69. The van der Waals surface area contributed by atoms with Crippen molar-refractivity contribution >= 4 is 17.5 Å². The summed E-state index contributed by atoms with van der Waals surface area (Å²) >= 11 is 0. The third-order valence-electron chi connectivity index (χ3n) is 4.05. The summed E-state index contributed by atoms with van der Waals surface area (Å²) < 4.78 is 5.26. The number of nitro groups is 1. The molecule has 1 saturated heterocycles. The van der Waals surface area contributed by atoms with Crippen LogP contribution < -0.4 is 15.4 Å². The third kappa shape index (κ3) is 4.25. The van der Waals surface area contributed by atoms with Crippen LogP contribution in [-0.2, 0) is 6.54 Å². The summed E-state index contributed by atoms with van der Waals surface area (Å²) in [5.74, 6) is 0.416. The predicted octanol–water partition coefficient (Wildman–Crippen LogP) is 1.88. The Morgan fingerprint density at radius 1 is 1.54 bits per heavy atom. The van der Waals surface area contributed by atoms with E-state index in [2.05, 4.69) is 15.5 Å². The molecule has 1 amide bonds. The van der Waals surface area contributed by atoms with Gasteiger partial charge in [-0.2, -0.15) is 0 Å². The molecule has 0 aromatic heterocycles. The van der Waals surface area contributed by atoms with Crippen LogP contribution in [0.3, 0.4) is 0 Å². The van der Waals surface area contributed by atoms with E-state index in [4.69, 9.17) is 9.84 Å². The summed E-state index contributed by atoms with van der Waals surface area (Å²) in [7, 11) is 3.08. The summed E-state index contributed by atoms with van der Waals surface area (Å²) in [6.45, 7) is 1.90. The molecule has 1 aromatic carbocycles. The molecule has 9 heteroatoms. The second-order valence-corrected chi connectivity index (χ2v) is 5.72. The number of nitrogens with zero attached hydrogens (tertiary/aromatic N) is 2. The van der Waals surface area contributed by atoms with Crippen molar-refractivity contribution in [1.29, 1.82) is 0 Å². The number of piperidine rings is 1. The molecule has 3 N–H and O–H groups in total. The van der Waals surface area contributed by atoms with Crippen LogP contribution in [0.4, 0.5) is 16.2 Å². The van der Waals surface area contributed by atoms with E-state index in [0.717, 1.165) is 24.9 Å². The number of ether oxygens (including phenoxy) is 1. The molecule has 24 heavy (non-hydrogen) atoms. The lowest BCUT2D eigenvalue weighted by atomic mass is 10.0. The Bertz CT molecular complexity index is 622. The van der Waals surface area contributed by atoms with E-state index in [1.807, 2.05) is 0 Å². The summed E-state index contributed by atoms with van der Waals surface area (Å²) in [4.78, 5) is 23.7. The Hall–Kier alpha value is -2.55. The summed E-state index contributed by atoms with van der Waals surface area (Å²) in [5, 5.41) is 25.4. The lowest BCUT2D eigenvalue weighted by molar-refractivity contribution is -0.384. The lowest BCUT2D eigenvalue weighted by Crippen LogP contribution is -2.46. The maximum absolute atomic E-state index is 11.3. The summed E-state index contributed by atoms with van der Waals surface area (Å²) in [5.41, 5.74) is 1.06. The Balaban J connectivity index is 2.18. The highest BCUT2D eigenvalue weighted by Gasteiger charge is 2.24. The monoisotopic (exact) mass is 338 g/mol. The Morgan fingerprint density at radius 3 is 2.88 bits per heavy atom. The Labute approximate surface area is 139 Å². The largest absolute Gasteiger partial charge is 0.494 e. The Kier molecular flexibility index (Phi) is 5.80. The van der Waals surface area contributed by atoms with E-state index in [9.17, 15) is 14.9 Å². The van der Waals surface area contributed by atoms with Crippen LogP contribution in [0.15, 0.2) is 12.1 Å². The van der Waals surface area contributed by atoms with Gasteiger partial charge in [-0.15, -0.1) is 0 Å². The van der Waals surface area contributed by atoms with Gasteiger partial charge in [0, 0.05) is 32.2 Å². The van der Waals surface area contributed by atoms with Gasteiger partial charge in [0.1, 0.15) is 5.75 Å². The van der Waals surface area contributed by atoms with Crippen molar-refractivity contribution in [2.45, 2.75) is 25.4 Å². The van der Waals surface area contributed by atoms with Gasteiger partial charge in [-0.1, -0.05) is 0 Å². The van der Waals surface area contributed by atoms with Gasteiger partial charge in [-0.25, -0.2) is 4.79 Å². The minimum atomic E-state index is -1.03. The van der Waals surface area contributed by atoms with E-state index in [0.29, 0.717) is 24.5 Å². The number of nitrogens with one attached hydrogen (secondary N) is 2. The fourth-order valence-electron chi connectivity index (χ4n) is 3.05. The number of benzene rings is 1. The zero-order valence-corrected chi connectivity index (χ0v) is 13.7. The third-order valence-corrected chi connectivity index (χ3v) is 4.05.